The Morgan fingerprint density at radius 1 is 1.13 bits per heavy atom. The van der Waals surface area contributed by atoms with E-state index in [4.69, 9.17) is 4.74 Å². The smallest absolute Gasteiger partial charge is 0.162 e. The summed E-state index contributed by atoms with van der Waals surface area (Å²) in [5.41, 5.74) is 3.43. The summed E-state index contributed by atoms with van der Waals surface area (Å²) in [7, 11) is 0. The number of rotatable bonds is 6. The molecular formula is C28H30O3. The van der Waals surface area contributed by atoms with Crippen molar-refractivity contribution in [3.05, 3.63) is 77.4 Å². The lowest BCUT2D eigenvalue weighted by atomic mass is 9.46. The van der Waals surface area contributed by atoms with Gasteiger partial charge in [0.25, 0.3) is 0 Å². The fourth-order valence-corrected chi connectivity index (χ4v) is 6.69. The number of hydrogen-bond donors (Lipinski definition) is 0. The number of ether oxygens (including phenoxy) is 1. The first-order valence-corrected chi connectivity index (χ1v) is 11.5. The highest BCUT2D eigenvalue weighted by Crippen LogP contribution is 2.66. The molecule has 5 rings (SSSR count). The number of carbonyl (C=O) groups excluding carboxylic acids is 2. The SMILES string of the molecule is C[C@]12CC[C@@H]3c4ccc(OCc5ccccc5)cc4CC[C@H]3[C@@]1(CCC=O)C=CC2=O. The van der Waals surface area contributed by atoms with Gasteiger partial charge in [-0.25, -0.2) is 0 Å². The van der Waals surface area contributed by atoms with Crippen molar-refractivity contribution >= 4 is 12.1 Å². The summed E-state index contributed by atoms with van der Waals surface area (Å²) in [4.78, 5) is 24.1. The molecular weight excluding hydrogens is 384 g/mol. The molecule has 0 saturated heterocycles. The molecule has 1 fully saturated rings. The van der Waals surface area contributed by atoms with Crippen molar-refractivity contribution < 1.29 is 14.3 Å². The summed E-state index contributed by atoms with van der Waals surface area (Å²) >= 11 is 0. The zero-order chi connectivity index (χ0) is 21.5. The van der Waals surface area contributed by atoms with E-state index >= 15 is 0 Å². The van der Waals surface area contributed by atoms with Crippen molar-refractivity contribution in [3.8, 4) is 5.75 Å². The van der Waals surface area contributed by atoms with Crippen LogP contribution in [-0.4, -0.2) is 12.1 Å². The molecule has 3 aliphatic carbocycles. The van der Waals surface area contributed by atoms with Crippen LogP contribution in [0.5, 0.6) is 5.75 Å². The minimum Gasteiger partial charge on any atom is -0.489 e. The fraction of sp³-hybridized carbons (Fsp3) is 0.429. The number of hydrogen-bond acceptors (Lipinski definition) is 3. The maximum atomic E-state index is 12.9. The van der Waals surface area contributed by atoms with Gasteiger partial charge in [0, 0.05) is 17.3 Å². The Hall–Kier alpha value is -2.68. The lowest BCUT2D eigenvalue weighted by Crippen LogP contribution is -2.52. The number of benzene rings is 2. The Bertz CT molecular complexity index is 1020. The molecule has 0 spiro atoms. The summed E-state index contributed by atoms with van der Waals surface area (Å²) in [6.45, 7) is 2.72. The van der Waals surface area contributed by atoms with E-state index in [0.29, 0.717) is 24.9 Å². The third-order valence-corrected chi connectivity index (χ3v) is 8.37. The van der Waals surface area contributed by atoms with Crippen molar-refractivity contribution in [2.24, 2.45) is 16.7 Å². The highest BCUT2D eigenvalue weighted by molar-refractivity contribution is 5.98. The van der Waals surface area contributed by atoms with E-state index in [-0.39, 0.29) is 16.6 Å². The standard InChI is InChI=1S/C28H30O3/c1-27-15-12-24-23-10-9-22(31-19-20-6-3-2-4-7-20)18-21(23)8-11-25(24)28(27,14-5-17-29)16-13-26(27)30/h2-4,6-7,9-10,13,16-18,24-25H,5,8,11-12,14-15,19H2,1H3/t24-,25-,27-,28-/m1/s1. The van der Waals surface area contributed by atoms with Crippen LogP contribution in [0.15, 0.2) is 60.7 Å². The quantitative estimate of drug-likeness (QED) is 0.560. The summed E-state index contributed by atoms with van der Waals surface area (Å²) in [5, 5.41) is 0. The lowest BCUT2D eigenvalue weighted by molar-refractivity contribution is -0.135. The molecule has 1 saturated carbocycles. The third-order valence-electron chi connectivity index (χ3n) is 8.37. The van der Waals surface area contributed by atoms with Crippen LogP contribution in [0.25, 0.3) is 0 Å². The molecule has 0 aliphatic heterocycles. The second kappa shape index (κ2) is 7.78. The summed E-state index contributed by atoms with van der Waals surface area (Å²) in [6, 6.07) is 16.8. The van der Waals surface area contributed by atoms with Crippen LogP contribution in [0.1, 0.15) is 61.6 Å². The van der Waals surface area contributed by atoms with Gasteiger partial charge in [-0.3, -0.25) is 4.79 Å². The molecule has 3 aliphatic rings. The second-order valence-electron chi connectivity index (χ2n) is 9.70. The van der Waals surface area contributed by atoms with Gasteiger partial charge in [-0.05, 0) is 78.8 Å². The molecule has 0 radical (unpaired) electrons. The van der Waals surface area contributed by atoms with Crippen LogP contribution in [0.3, 0.4) is 0 Å². The van der Waals surface area contributed by atoms with E-state index in [9.17, 15) is 9.59 Å². The molecule has 0 bridgehead atoms. The molecule has 0 aromatic heterocycles. The second-order valence-corrected chi connectivity index (χ2v) is 9.70. The largest absolute Gasteiger partial charge is 0.489 e. The van der Waals surface area contributed by atoms with E-state index < -0.39 is 0 Å². The molecule has 0 N–H and O–H groups in total. The number of aldehydes is 1. The molecule has 31 heavy (non-hydrogen) atoms. The Kier molecular flexibility index (Phi) is 5.08. The van der Waals surface area contributed by atoms with Crippen molar-refractivity contribution in [1.82, 2.24) is 0 Å². The highest BCUT2D eigenvalue weighted by atomic mass is 16.5. The van der Waals surface area contributed by atoms with Gasteiger partial charge < -0.3 is 9.53 Å². The minimum absolute atomic E-state index is 0.186. The van der Waals surface area contributed by atoms with Gasteiger partial charge in [-0.2, -0.15) is 0 Å². The molecule has 0 amide bonds. The Morgan fingerprint density at radius 3 is 2.77 bits per heavy atom. The van der Waals surface area contributed by atoms with Crippen LogP contribution < -0.4 is 4.74 Å². The van der Waals surface area contributed by atoms with Crippen LogP contribution >= 0.6 is 0 Å². The van der Waals surface area contributed by atoms with Crippen LogP contribution in [0.4, 0.5) is 0 Å². The average Bonchev–Trinajstić information content (AvgIpc) is 3.07. The van der Waals surface area contributed by atoms with E-state index in [2.05, 4.69) is 43.3 Å². The number of allylic oxidation sites excluding steroid dienone is 2. The molecule has 2 aromatic carbocycles. The molecule has 3 heteroatoms. The molecule has 3 nitrogen and oxygen atoms in total. The summed E-state index contributed by atoms with van der Waals surface area (Å²) in [6.07, 6.45) is 10.3. The van der Waals surface area contributed by atoms with Crippen molar-refractivity contribution in [2.45, 2.75) is 58.0 Å². The molecule has 0 heterocycles. The Morgan fingerprint density at radius 2 is 1.97 bits per heavy atom. The van der Waals surface area contributed by atoms with Crippen molar-refractivity contribution in [1.29, 1.82) is 0 Å². The minimum atomic E-state index is -0.354. The maximum absolute atomic E-state index is 12.9. The van der Waals surface area contributed by atoms with E-state index in [1.54, 1.807) is 0 Å². The zero-order valence-corrected chi connectivity index (χ0v) is 18.2. The molecule has 4 atom stereocenters. The summed E-state index contributed by atoms with van der Waals surface area (Å²) < 4.78 is 6.07. The van der Waals surface area contributed by atoms with Crippen molar-refractivity contribution in [3.63, 3.8) is 0 Å². The van der Waals surface area contributed by atoms with Gasteiger partial charge >= 0.3 is 0 Å². The van der Waals surface area contributed by atoms with Gasteiger partial charge in [-0.15, -0.1) is 0 Å². The molecule has 2 aromatic rings. The number of ketones is 1. The fourth-order valence-electron chi connectivity index (χ4n) is 6.69. The van der Waals surface area contributed by atoms with Crippen LogP contribution in [-0.2, 0) is 22.6 Å². The van der Waals surface area contributed by atoms with Gasteiger partial charge in [0.05, 0.1) is 0 Å². The van der Waals surface area contributed by atoms with Gasteiger partial charge in [0.1, 0.15) is 18.6 Å². The summed E-state index contributed by atoms with van der Waals surface area (Å²) in [5.74, 6) is 2.04. The van der Waals surface area contributed by atoms with Crippen LogP contribution in [0, 0.1) is 16.7 Å². The Labute approximate surface area is 184 Å². The first kappa shape index (κ1) is 20.2. The van der Waals surface area contributed by atoms with E-state index in [1.807, 2.05) is 24.3 Å². The lowest BCUT2D eigenvalue weighted by Gasteiger charge is -2.56. The predicted octanol–water partition coefficient (Wildman–Crippen LogP) is 5.82. The van der Waals surface area contributed by atoms with Gasteiger partial charge in [0.2, 0.25) is 0 Å². The first-order chi connectivity index (χ1) is 15.1. The molecule has 0 unspecified atom stereocenters. The van der Waals surface area contributed by atoms with Gasteiger partial charge in [-0.1, -0.05) is 49.4 Å². The zero-order valence-electron chi connectivity index (χ0n) is 18.2. The normalized spacial score (nSPS) is 30.9. The van der Waals surface area contributed by atoms with Gasteiger partial charge in [0.15, 0.2) is 5.78 Å². The topological polar surface area (TPSA) is 43.4 Å². The number of carbonyl (C=O) groups is 2. The number of fused-ring (bicyclic) bond motifs is 5. The molecule has 160 valence electrons. The first-order valence-electron chi connectivity index (χ1n) is 11.5. The highest BCUT2D eigenvalue weighted by Gasteiger charge is 2.61. The average molecular weight is 415 g/mol. The van der Waals surface area contributed by atoms with E-state index in [0.717, 1.165) is 44.1 Å². The third kappa shape index (κ3) is 3.17. The van der Waals surface area contributed by atoms with Crippen molar-refractivity contribution in [2.75, 3.05) is 0 Å². The van der Waals surface area contributed by atoms with Crippen LogP contribution in [0.2, 0.25) is 0 Å². The Balaban J connectivity index is 1.41. The predicted molar refractivity (Wildman–Crippen MR) is 121 cm³/mol. The monoisotopic (exact) mass is 414 g/mol. The van der Waals surface area contributed by atoms with E-state index in [1.165, 1.54) is 16.7 Å². The number of aryl methyl sites for hydroxylation is 1. The maximum Gasteiger partial charge on any atom is 0.162 e.